The first-order chi connectivity index (χ1) is 16.5. The Bertz CT molecular complexity index is 1560. The van der Waals surface area contributed by atoms with Crippen molar-refractivity contribution >= 4 is 74.6 Å². The Morgan fingerprint density at radius 3 is 2.74 bits per heavy atom. The molecule has 0 aliphatic carbocycles. The van der Waals surface area contributed by atoms with Gasteiger partial charge < -0.3 is 17.3 Å². The molecule has 10 heteroatoms. The number of fused-ring (bicyclic) bond motifs is 1. The number of nitrogens with zero attached hydrogens (tertiary/aromatic N) is 3. The molecule has 0 unspecified atom stereocenters. The number of anilines is 1. The van der Waals surface area contributed by atoms with Crippen LogP contribution >= 0.6 is 57.8 Å². The fraction of sp³-hybridized carbons (Fsp3) is 0.200. The maximum absolute atomic E-state index is 13.4. The lowest BCUT2D eigenvalue weighted by Gasteiger charge is -2.12. The van der Waals surface area contributed by atoms with Crippen molar-refractivity contribution in [1.29, 1.82) is 0 Å². The van der Waals surface area contributed by atoms with E-state index in [1.807, 2.05) is 42.8 Å². The highest BCUT2D eigenvalue weighted by Gasteiger charge is 2.25. The van der Waals surface area contributed by atoms with Crippen molar-refractivity contribution in [2.24, 2.45) is 0 Å². The molecule has 5 rings (SSSR count). The molecule has 0 spiro atoms. The van der Waals surface area contributed by atoms with E-state index >= 15 is 0 Å². The van der Waals surface area contributed by atoms with Crippen LogP contribution in [0.2, 0.25) is 5.02 Å². The Labute approximate surface area is 232 Å². The summed E-state index contributed by atoms with van der Waals surface area (Å²) in [6.45, 7) is 3.34. The molecule has 4 aromatic rings. The van der Waals surface area contributed by atoms with Crippen LogP contribution < -0.4 is 36.6 Å². The Morgan fingerprint density at radius 1 is 1.20 bits per heavy atom. The summed E-state index contributed by atoms with van der Waals surface area (Å²) in [5, 5.41) is 4.92. The van der Waals surface area contributed by atoms with E-state index in [1.54, 1.807) is 46.2 Å². The topological polar surface area (TPSA) is 29.1 Å². The van der Waals surface area contributed by atoms with Crippen molar-refractivity contribution < 1.29 is 17.0 Å². The van der Waals surface area contributed by atoms with Gasteiger partial charge in [0, 0.05) is 28.9 Å². The molecule has 182 valence electrons. The second-order valence-electron chi connectivity index (χ2n) is 7.72. The summed E-state index contributed by atoms with van der Waals surface area (Å²) in [6, 6.07) is 14.4. The average molecular weight is 581 g/mol. The van der Waals surface area contributed by atoms with Gasteiger partial charge in [0.1, 0.15) is 14.2 Å². The molecule has 0 bridgehead atoms. The lowest BCUT2D eigenvalue weighted by atomic mass is 10.2. The predicted molar refractivity (Wildman–Crippen MR) is 148 cm³/mol. The lowest BCUT2D eigenvalue weighted by molar-refractivity contribution is -0.685. The monoisotopic (exact) mass is 579 g/mol. The minimum absolute atomic E-state index is 0. The SMILES string of the molecule is CCn1c(=O)/c(=C2\Sc3cc(SC)ccc3N2C)s/c1=C\c1scc[n+]1Cc1ccccc1Cl.[Cl-]. The van der Waals surface area contributed by atoms with Crippen molar-refractivity contribution in [1.82, 2.24) is 4.57 Å². The van der Waals surface area contributed by atoms with Crippen LogP contribution in [-0.2, 0) is 13.1 Å². The highest BCUT2D eigenvalue weighted by atomic mass is 35.5. The zero-order chi connectivity index (χ0) is 23.8. The molecular weight excluding hydrogens is 557 g/mol. The summed E-state index contributed by atoms with van der Waals surface area (Å²) < 4.78 is 5.80. The average Bonchev–Trinajstić information content (AvgIpc) is 3.51. The van der Waals surface area contributed by atoms with E-state index in [9.17, 15) is 4.79 Å². The summed E-state index contributed by atoms with van der Waals surface area (Å²) >= 11 is 13.0. The third kappa shape index (κ3) is 5.10. The third-order valence-corrected chi connectivity index (χ3v) is 10.1. The smallest absolute Gasteiger partial charge is 0.271 e. The molecule has 0 amide bonds. The van der Waals surface area contributed by atoms with E-state index in [1.165, 1.54) is 9.79 Å². The molecule has 1 aliphatic heterocycles. The highest BCUT2D eigenvalue weighted by molar-refractivity contribution is 8.08. The van der Waals surface area contributed by atoms with Crippen LogP contribution in [0.3, 0.4) is 0 Å². The quantitative estimate of drug-likeness (QED) is 0.266. The Kier molecular flexibility index (Phi) is 8.41. The molecule has 2 aromatic heterocycles. The largest absolute Gasteiger partial charge is 1.00 e. The van der Waals surface area contributed by atoms with Gasteiger partial charge in [-0.1, -0.05) is 52.9 Å². The van der Waals surface area contributed by atoms with Gasteiger partial charge in [-0.15, -0.1) is 23.1 Å². The highest BCUT2D eigenvalue weighted by Crippen LogP contribution is 2.46. The minimum Gasteiger partial charge on any atom is -1.00 e. The molecule has 4 nitrogen and oxygen atoms in total. The van der Waals surface area contributed by atoms with Crippen molar-refractivity contribution in [3.8, 4) is 0 Å². The van der Waals surface area contributed by atoms with Crippen LogP contribution in [0.25, 0.3) is 11.1 Å². The first kappa shape index (κ1) is 26.4. The van der Waals surface area contributed by atoms with Gasteiger partial charge in [0.2, 0.25) is 0 Å². The maximum Gasteiger partial charge on any atom is 0.271 e. The fourth-order valence-corrected chi connectivity index (χ4v) is 7.97. The van der Waals surface area contributed by atoms with Gasteiger partial charge in [0.05, 0.1) is 22.2 Å². The van der Waals surface area contributed by atoms with Crippen molar-refractivity contribution in [2.45, 2.75) is 29.8 Å². The minimum atomic E-state index is 0. The molecule has 0 atom stereocenters. The summed E-state index contributed by atoms with van der Waals surface area (Å²) in [6.07, 6.45) is 6.28. The number of halogens is 2. The van der Waals surface area contributed by atoms with E-state index in [0.29, 0.717) is 13.1 Å². The zero-order valence-electron chi connectivity index (χ0n) is 19.3. The summed E-state index contributed by atoms with van der Waals surface area (Å²) in [5.74, 6) is 0. The van der Waals surface area contributed by atoms with E-state index in [0.717, 1.165) is 35.5 Å². The third-order valence-electron chi connectivity index (χ3n) is 5.72. The second-order valence-corrected chi connectivity index (χ2v) is 12.0. The first-order valence-electron chi connectivity index (χ1n) is 10.8. The van der Waals surface area contributed by atoms with Crippen LogP contribution in [0.5, 0.6) is 0 Å². The van der Waals surface area contributed by atoms with Gasteiger partial charge in [-0.05, 0) is 37.4 Å². The van der Waals surface area contributed by atoms with Gasteiger partial charge in [-0.3, -0.25) is 9.36 Å². The number of thiazole rings is 2. The molecule has 2 aromatic carbocycles. The van der Waals surface area contributed by atoms with E-state index in [-0.39, 0.29) is 18.0 Å². The molecule has 0 radical (unpaired) electrons. The first-order valence-corrected chi connectivity index (χ1v) is 14.9. The fourth-order valence-electron chi connectivity index (χ4n) is 3.91. The number of thioether (sulfide) groups is 2. The number of aromatic nitrogens is 2. The van der Waals surface area contributed by atoms with Gasteiger partial charge in [0.25, 0.3) is 10.6 Å². The number of hydrogen-bond acceptors (Lipinski definition) is 6. The molecule has 0 N–H and O–H groups in total. The standard InChI is InChI=1S/C25H23ClN3OS4.ClH/c1-4-29-22(14-21-28(11-12-32-21)15-16-7-5-6-8-18(16)26)34-23(24(29)30)25-27(2)19-10-9-17(31-3)13-20(19)33-25;/h5-14H,4,15H2,1-3H3;1H/q+1;/p-1/b25-23+;. The maximum atomic E-state index is 13.4. The number of benzene rings is 2. The lowest BCUT2D eigenvalue weighted by Crippen LogP contribution is -3.00. The van der Waals surface area contributed by atoms with Crippen molar-refractivity contribution in [3.63, 3.8) is 0 Å². The molecule has 0 saturated carbocycles. The van der Waals surface area contributed by atoms with Crippen LogP contribution in [0, 0.1) is 0 Å². The second kappa shape index (κ2) is 11.2. The number of hydrogen-bond donors (Lipinski definition) is 0. The molecule has 35 heavy (non-hydrogen) atoms. The van der Waals surface area contributed by atoms with E-state index in [4.69, 9.17) is 11.6 Å². The van der Waals surface area contributed by atoms with Crippen molar-refractivity contribution in [3.05, 3.63) is 89.2 Å². The van der Waals surface area contributed by atoms with Gasteiger partial charge in [-0.2, -0.15) is 4.57 Å². The van der Waals surface area contributed by atoms with Gasteiger partial charge in [0.15, 0.2) is 12.7 Å². The normalized spacial score (nSPS) is 14.9. The van der Waals surface area contributed by atoms with Crippen molar-refractivity contribution in [2.75, 3.05) is 18.2 Å². The van der Waals surface area contributed by atoms with Crippen LogP contribution in [-0.4, -0.2) is 17.9 Å². The van der Waals surface area contributed by atoms with Crippen LogP contribution in [0.1, 0.15) is 17.5 Å². The van der Waals surface area contributed by atoms with E-state index < -0.39 is 0 Å². The van der Waals surface area contributed by atoms with Crippen LogP contribution in [0.4, 0.5) is 5.69 Å². The molecular formula is C25H23Cl2N3OS4. The molecule has 1 aliphatic rings. The molecule has 0 fully saturated rings. The summed E-state index contributed by atoms with van der Waals surface area (Å²) in [7, 11) is 2.04. The molecule has 3 heterocycles. The molecule has 0 saturated heterocycles. The van der Waals surface area contributed by atoms with E-state index in [2.05, 4.69) is 51.6 Å². The summed E-state index contributed by atoms with van der Waals surface area (Å²) in [5.41, 5.74) is 2.29. The predicted octanol–water partition coefficient (Wildman–Crippen LogP) is 1.84. The Hall–Kier alpha value is -1.68. The Balaban J connectivity index is 0.00000289. The van der Waals surface area contributed by atoms with Gasteiger partial charge in [-0.25, -0.2) is 0 Å². The Morgan fingerprint density at radius 2 is 2.00 bits per heavy atom. The zero-order valence-corrected chi connectivity index (χ0v) is 24.1. The number of rotatable bonds is 5. The van der Waals surface area contributed by atoms with Gasteiger partial charge >= 0.3 is 0 Å². The van der Waals surface area contributed by atoms with Crippen LogP contribution in [0.15, 0.2) is 68.6 Å². The summed E-state index contributed by atoms with van der Waals surface area (Å²) in [4.78, 5) is 18.0.